The summed E-state index contributed by atoms with van der Waals surface area (Å²) in [5, 5.41) is 13.8. The lowest BCUT2D eigenvalue weighted by atomic mass is 9.88. The van der Waals surface area contributed by atoms with Crippen molar-refractivity contribution in [2.45, 2.75) is 45.4 Å². The molecule has 7 nitrogen and oxygen atoms in total. The van der Waals surface area contributed by atoms with Gasteiger partial charge in [-0.15, -0.1) is 0 Å². The fourth-order valence-corrected chi connectivity index (χ4v) is 3.74. The van der Waals surface area contributed by atoms with Crippen LogP contribution in [0.15, 0.2) is 78.9 Å². The number of benzene rings is 3. The van der Waals surface area contributed by atoms with E-state index in [0.717, 1.165) is 22.3 Å². The third-order valence-corrected chi connectivity index (χ3v) is 5.54. The number of nitro benzene ring substituents is 1. The Labute approximate surface area is 199 Å². The predicted molar refractivity (Wildman–Crippen MR) is 131 cm³/mol. The Kier molecular flexibility index (Phi) is 9.17. The molecule has 34 heavy (non-hydrogen) atoms. The Morgan fingerprint density at radius 1 is 0.971 bits per heavy atom. The van der Waals surface area contributed by atoms with E-state index in [1.165, 1.54) is 12.1 Å². The summed E-state index contributed by atoms with van der Waals surface area (Å²) < 4.78 is 11.2. The Balaban J connectivity index is 1.71. The second-order valence-corrected chi connectivity index (χ2v) is 8.12. The van der Waals surface area contributed by atoms with Crippen LogP contribution >= 0.6 is 0 Å². The van der Waals surface area contributed by atoms with Crippen LogP contribution in [0.5, 0.6) is 0 Å². The van der Waals surface area contributed by atoms with Crippen molar-refractivity contribution in [2.24, 2.45) is 0 Å². The molecule has 3 aromatic rings. The van der Waals surface area contributed by atoms with Gasteiger partial charge in [-0.05, 0) is 49.3 Å². The van der Waals surface area contributed by atoms with Gasteiger partial charge in [0, 0.05) is 18.7 Å². The molecule has 0 saturated carbocycles. The summed E-state index contributed by atoms with van der Waals surface area (Å²) in [6.07, 6.45) is 0.0811. The zero-order chi connectivity index (χ0) is 24.3. The van der Waals surface area contributed by atoms with Crippen molar-refractivity contribution < 1.29 is 19.2 Å². The summed E-state index contributed by atoms with van der Waals surface area (Å²) in [5.41, 5.74) is 4.19. The van der Waals surface area contributed by atoms with Crippen molar-refractivity contribution in [2.75, 3.05) is 6.61 Å². The van der Waals surface area contributed by atoms with Gasteiger partial charge in [-0.25, -0.2) is 4.79 Å². The van der Waals surface area contributed by atoms with Crippen LogP contribution in [0.2, 0.25) is 0 Å². The van der Waals surface area contributed by atoms with E-state index in [4.69, 9.17) is 9.47 Å². The second kappa shape index (κ2) is 12.5. The first-order valence-electron chi connectivity index (χ1n) is 11.3. The first-order valence-corrected chi connectivity index (χ1v) is 11.3. The Hall–Kier alpha value is -3.71. The molecule has 3 rings (SSSR count). The van der Waals surface area contributed by atoms with Crippen molar-refractivity contribution in [1.82, 2.24) is 5.32 Å². The van der Waals surface area contributed by atoms with Crippen LogP contribution in [0.25, 0.3) is 0 Å². The highest BCUT2D eigenvalue weighted by Gasteiger charge is 2.22. The van der Waals surface area contributed by atoms with E-state index in [2.05, 4.69) is 29.6 Å². The molecule has 1 unspecified atom stereocenters. The predicted octanol–water partition coefficient (Wildman–Crippen LogP) is 5.91. The van der Waals surface area contributed by atoms with Gasteiger partial charge in [0.1, 0.15) is 12.8 Å². The van der Waals surface area contributed by atoms with Crippen molar-refractivity contribution >= 4 is 11.8 Å². The Bertz CT molecular complexity index is 1050. The molecule has 0 aromatic heterocycles. The first-order chi connectivity index (χ1) is 16.4. The molecule has 3 aromatic carbocycles. The number of nitrogens with one attached hydrogen (secondary N) is 1. The molecule has 1 N–H and O–H groups in total. The van der Waals surface area contributed by atoms with Gasteiger partial charge in [0.25, 0.3) is 5.69 Å². The number of rotatable bonds is 11. The van der Waals surface area contributed by atoms with Gasteiger partial charge in [0.2, 0.25) is 0 Å². The quantitative estimate of drug-likeness (QED) is 0.217. The molecule has 0 spiro atoms. The van der Waals surface area contributed by atoms with Crippen LogP contribution in [-0.4, -0.2) is 23.9 Å². The highest BCUT2D eigenvalue weighted by Crippen LogP contribution is 2.27. The van der Waals surface area contributed by atoms with Crippen molar-refractivity contribution in [3.63, 3.8) is 0 Å². The monoisotopic (exact) mass is 462 g/mol. The van der Waals surface area contributed by atoms with Crippen LogP contribution in [-0.2, 0) is 22.5 Å². The zero-order valence-electron chi connectivity index (χ0n) is 19.5. The highest BCUT2D eigenvalue weighted by atomic mass is 16.6. The van der Waals surface area contributed by atoms with E-state index < -0.39 is 17.2 Å². The third kappa shape index (κ3) is 7.71. The molecule has 1 amide bonds. The van der Waals surface area contributed by atoms with Crippen LogP contribution in [0, 0.1) is 17.0 Å². The van der Waals surface area contributed by atoms with Gasteiger partial charge in [-0.1, -0.05) is 72.3 Å². The molecule has 0 radical (unpaired) electrons. The summed E-state index contributed by atoms with van der Waals surface area (Å²) in [5.74, 6) is 0.0213. The molecule has 178 valence electrons. The lowest BCUT2D eigenvalue weighted by Crippen LogP contribution is -2.38. The molecule has 0 aliphatic carbocycles. The zero-order valence-corrected chi connectivity index (χ0v) is 19.5. The molecular weight excluding hydrogens is 432 g/mol. The molecule has 0 aliphatic rings. The van der Waals surface area contributed by atoms with E-state index in [1.54, 1.807) is 12.1 Å². The molecule has 0 aliphatic heterocycles. The van der Waals surface area contributed by atoms with E-state index >= 15 is 0 Å². The maximum atomic E-state index is 12.4. The molecule has 2 atom stereocenters. The number of hydrogen-bond acceptors (Lipinski definition) is 5. The summed E-state index contributed by atoms with van der Waals surface area (Å²) in [4.78, 5) is 23.0. The lowest BCUT2D eigenvalue weighted by molar-refractivity contribution is -0.384. The third-order valence-electron chi connectivity index (χ3n) is 5.54. The maximum absolute atomic E-state index is 12.4. The number of alkyl carbamates (subject to hydrolysis) is 1. The smallest absolute Gasteiger partial charge is 0.409 e. The van der Waals surface area contributed by atoms with Crippen LogP contribution in [0.1, 0.15) is 41.5 Å². The van der Waals surface area contributed by atoms with Gasteiger partial charge in [0.15, 0.2) is 0 Å². The topological polar surface area (TPSA) is 90.7 Å². The van der Waals surface area contributed by atoms with Gasteiger partial charge >= 0.3 is 6.09 Å². The SMILES string of the molecule is CCOC(C[C@H](Cc1ccc([N+](=O)[O-])cc1)c1ccc(C)cc1)NC(=O)OCc1ccccc1. The number of amides is 1. The second-order valence-electron chi connectivity index (χ2n) is 8.12. The largest absolute Gasteiger partial charge is 0.445 e. The lowest BCUT2D eigenvalue weighted by Gasteiger charge is -2.25. The Morgan fingerprint density at radius 3 is 2.26 bits per heavy atom. The summed E-state index contributed by atoms with van der Waals surface area (Å²) in [6.45, 7) is 4.51. The molecule has 7 heteroatoms. The number of aryl methyl sites for hydroxylation is 1. The van der Waals surface area contributed by atoms with E-state index in [0.29, 0.717) is 19.4 Å². The standard InChI is InChI=1S/C27H30N2O5/c1-3-33-26(28-27(30)34-19-22-7-5-4-6-8-22)18-24(23-13-9-20(2)10-14-23)17-21-11-15-25(16-12-21)29(31)32/h4-16,24,26H,3,17-19H2,1-2H3,(H,28,30)/t24-,26?/m0/s1. The molecule has 0 fully saturated rings. The number of non-ortho nitro benzene ring substituents is 1. The van der Waals surface area contributed by atoms with Gasteiger partial charge in [-0.2, -0.15) is 0 Å². The van der Waals surface area contributed by atoms with E-state index in [1.807, 2.05) is 44.2 Å². The normalized spacial score (nSPS) is 12.5. The number of ether oxygens (including phenoxy) is 2. The Morgan fingerprint density at radius 2 is 1.65 bits per heavy atom. The van der Waals surface area contributed by atoms with Gasteiger partial charge in [0.05, 0.1) is 4.92 Å². The molecular formula is C27H30N2O5. The minimum absolute atomic E-state index is 0.0213. The fourth-order valence-electron chi connectivity index (χ4n) is 3.74. The maximum Gasteiger partial charge on any atom is 0.409 e. The minimum atomic E-state index is -0.544. The summed E-state index contributed by atoms with van der Waals surface area (Å²) in [6, 6.07) is 24.3. The molecule has 0 heterocycles. The van der Waals surface area contributed by atoms with Crippen molar-refractivity contribution in [3.8, 4) is 0 Å². The van der Waals surface area contributed by atoms with Crippen LogP contribution < -0.4 is 5.32 Å². The van der Waals surface area contributed by atoms with E-state index in [9.17, 15) is 14.9 Å². The average molecular weight is 463 g/mol. The van der Waals surface area contributed by atoms with Gasteiger partial charge < -0.3 is 9.47 Å². The van der Waals surface area contributed by atoms with Crippen molar-refractivity contribution in [3.05, 3.63) is 111 Å². The molecule has 0 bridgehead atoms. The van der Waals surface area contributed by atoms with E-state index in [-0.39, 0.29) is 18.2 Å². The van der Waals surface area contributed by atoms with Crippen molar-refractivity contribution in [1.29, 1.82) is 0 Å². The van der Waals surface area contributed by atoms with Crippen LogP contribution in [0.4, 0.5) is 10.5 Å². The minimum Gasteiger partial charge on any atom is -0.445 e. The summed E-state index contributed by atoms with van der Waals surface area (Å²) in [7, 11) is 0. The number of hydrogen-bond donors (Lipinski definition) is 1. The van der Waals surface area contributed by atoms with Crippen LogP contribution in [0.3, 0.4) is 0 Å². The average Bonchev–Trinajstić information content (AvgIpc) is 2.84. The number of nitrogens with zero attached hydrogens (tertiary/aromatic N) is 1. The summed E-state index contributed by atoms with van der Waals surface area (Å²) >= 11 is 0. The number of carbonyl (C=O) groups is 1. The number of nitro groups is 1. The first kappa shape index (κ1) is 24.9. The number of carbonyl (C=O) groups excluding carboxylic acids is 1. The highest BCUT2D eigenvalue weighted by molar-refractivity contribution is 5.67. The fraction of sp³-hybridized carbons (Fsp3) is 0.296. The van der Waals surface area contributed by atoms with Gasteiger partial charge in [-0.3, -0.25) is 15.4 Å². The molecule has 0 saturated heterocycles.